The number of ether oxygens (including phenoxy) is 2. The normalized spacial score (nSPS) is 14.1. The van der Waals surface area contributed by atoms with Crippen LogP contribution >= 0.6 is 0 Å². The molecule has 0 heterocycles. The van der Waals surface area contributed by atoms with Crippen molar-refractivity contribution >= 4 is 23.9 Å². The molecule has 3 amide bonds. The molecular formula is C36H53N3O7. The average Bonchev–Trinajstić information content (AvgIpc) is 2.92. The smallest absolute Gasteiger partial charge is 0.408 e. The second-order valence-corrected chi connectivity index (χ2v) is 14.5. The predicted octanol–water partition coefficient (Wildman–Crippen LogP) is 6.07. The van der Waals surface area contributed by atoms with E-state index in [1.165, 1.54) is 17.0 Å². The topological polar surface area (TPSA) is 134 Å². The first-order valence-electron chi connectivity index (χ1n) is 15.8. The molecule has 254 valence electrons. The number of esters is 1. The lowest BCUT2D eigenvalue weighted by Gasteiger charge is -2.45. The Morgan fingerprint density at radius 1 is 0.826 bits per heavy atom. The second kappa shape index (κ2) is 15.5. The van der Waals surface area contributed by atoms with E-state index in [9.17, 15) is 24.3 Å². The van der Waals surface area contributed by atoms with Crippen LogP contribution in [0.3, 0.4) is 0 Å². The first-order valence-corrected chi connectivity index (χ1v) is 15.8. The molecule has 0 aliphatic heterocycles. The Hall–Kier alpha value is -4.08. The molecular weight excluding hydrogens is 586 g/mol. The van der Waals surface area contributed by atoms with Gasteiger partial charge in [-0.1, -0.05) is 63.2 Å². The van der Waals surface area contributed by atoms with E-state index < -0.39 is 58.7 Å². The number of rotatable bonds is 12. The van der Waals surface area contributed by atoms with Gasteiger partial charge in [0, 0.05) is 12.0 Å². The van der Waals surface area contributed by atoms with Crippen LogP contribution in [0.4, 0.5) is 4.79 Å². The van der Waals surface area contributed by atoms with E-state index in [0.29, 0.717) is 12.0 Å². The highest BCUT2D eigenvalue weighted by Gasteiger charge is 2.45. The molecule has 2 aromatic carbocycles. The lowest BCUT2D eigenvalue weighted by molar-refractivity contribution is -0.159. The van der Waals surface area contributed by atoms with Gasteiger partial charge in [-0.15, -0.1) is 0 Å². The molecule has 0 fully saturated rings. The van der Waals surface area contributed by atoms with Crippen molar-refractivity contribution in [1.29, 1.82) is 0 Å². The van der Waals surface area contributed by atoms with Crippen LogP contribution in [0.5, 0.6) is 5.75 Å². The summed E-state index contributed by atoms with van der Waals surface area (Å²) in [5.41, 5.74) is -1.40. The quantitative estimate of drug-likeness (QED) is 0.240. The van der Waals surface area contributed by atoms with Crippen LogP contribution in [0.2, 0.25) is 0 Å². The molecule has 0 aliphatic carbocycles. The number of benzene rings is 2. The fourth-order valence-electron chi connectivity index (χ4n) is 4.82. The lowest BCUT2D eigenvalue weighted by atomic mass is 9.90. The van der Waals surface area contributed by atoms with Crippen LogP contribution in [0.25, 0.3) is 0 Å². The summed E-state index contributed by atoms with van der Waals surface area (Å²) < 4.78 is 11.2. The first kappa shape index (κ1) is 38.1. The van der Waals surface area contributed by atoms with Crippen LogP contribution in [0, 0.1) is 5.92 Å². The van der Waals surface area contributed by atoms with Crippen LogP contribution < -0.4 is 10.6 Å². The maximum Gasteiger partial charge on any atom is 0.408 e. The zero-order valence-electron chi connectivity index (χ0n) is 29.3. The molecule has 0 spiro atoms. The molecule has 2 rings (SSSR count). The van der Waals surface area contributed by atoms with Gasteiger partial charge in [-0.2, -0.15) is 0 Å². The third kappa shape index (κ3) is 11.4. The highest BCUT2D eigenvalue weighted by Crippen LogP contribution is 2.34. The molecule has 0 radical (unpaired) electrons. The molecule has 0 saturated heterocycles. The number of carbonyl (C=O) groups is 4. The molecule has 0 bridgehead atoms. The van der Waals surface area contributed by atoms with Crippen molar-refractivity contribution in [2.45, 2.75) is 124 Å². The monoisotopic (exact) mass is 639 g/mol. The van der Waals surface area contributed by atoms with Gasteiger partial charge in [0.15, 0.2) is 0 Å². The van der Waals surface area contributed by atoms with Crippen molar-refractivity contribution in [1.82, 2.24) is 15.5 Å². The van der Waals surface area contributed by atoms with Crippen molar-refractivity contribution in [3.63, 3.8) is 0 Å². The minimum Gasteiger partial charge on any atom is -0.508 e. The highest BCUT2D eigenvalue weighted by molar-refractivity contribution is 5.94. The van der Waals surface area contributed by atoms with Gasteiger partial charge in [0.1, 0.15) is 35.1 Å². The number of hydrogen-bond donors (Lipinski definition) is 3. The Bertz CT molecular complexity index is 1340. The zero-order valence-corrected chi connectivity index (χ0v) is 29.3. The van der Waals surface area contributed by atoms with Crippen LogP contribution in [-0.2, 0) is 30.3 Å². The Balaban J connectivity index is 2.69. The van der Waals surface area contributed by atoms with Crippen molar-refractivity contribution in [2.75, 3.05) is 0 Å². The SMILES string of the molecule is CCC(C)(C)N(C(=O)C(NC(=O)OC(C)(C)C)C(C)C)C(C(=O)NC(Cc1ccccc1)C(=O)OC(C)(C)C)c1cccc(O)c1. The minimum absolute atomic E-state index is 0.0997. The van der Waals surface area contributed by atoms with Crippen LogP contribution in [0.15, 0.2) is 54.6 Å². The number of phenolic OH excluding ortho intramolecular Hbond substituents is 1. The summed E-state index contributed by atoms with van der Waals surface area (Å²) in [6.07, 6.45) is -0.174. The number of phenols is 1. The molecule has 3 N–H and O–H groups in total. The Labute approximate surface area is 274 Å². The van der Waals surface area contributed by atoms with E-state index >= 15 is 0 Å². The van der Waals surface area contributed by atoms with Gasteiger partial charge in [0.25, 0.3) is 0 Å². The fourth-order valence-corrected chi connectivity index (χ4v) is 4.82. The van der Waals surface area contributed by atoms with E-state index in [1.54, 1.807) is 67.5 Å². The lowest BCUT2D eigenvalue weighted by Crippen LogP contribution is -2.61. The Kier molecular flexibility index (Phi) is 12.8. The summed E-state index contributed by atoms with van der Waals surface area (Å²) in [6, 6.07) is 11.9. The van der Waals surface area contributed by atoms with Gasteiger partial charge < -0.3 is 30.1 Å². The predicted molar refractivity (Wildman–Crippen MR) is 178 cm³/mol. The summed E-state index contributed by atoms with van der Waals surface area (Å²) in [6.45, 7) is 19.5. The fraction of sp³-hybridized carbons (Fsp3) is 0.556. The third-order valence-corrected chi connectivity index (χ3v) is 7.34. The van der Waals surface area contributed by atoms with E-state index in [1.807, 2.05) is 51.1 Å². The molecule has 3 atom stereocenters. The van der Waals surface area contributed by atoms with Crippen molar-refractivity contribution in [3.05, 3.63) is 65.7 Å². The van der Waals surface area contributed by atoms with Crippen LogP contribution in [-0.4, -0.2) is 62.7 Å². The molecule has 0 aromatic heterocycles. The maximum atomic E-state index is 14.6. The average molecular weight is 640 g/mol. The zero-order chi connectivity index (χ0) is 35.0. The summed E-state index contributed by atoms with van der Waals surface area (Å²) >= 11 is 0. The summed E-state index contributed by atoms with van der Waals surface area (Å²) in [5.74, 6) is -2.27. The van der Waals surface area contributed by atoms with Crippen LogP contribution in [0.1, 0.15) is 99.8 Å². The van der Waals surface area contributed by atoms with Gasteiger partial charge >= 0.3 is 12.1 Å². The number of aromatic hydroxyl groups is 1. The van der Waals surface area contributed by atoms with Gasteiger partial charge in [0.2, 0.25) is 11.8 Å². The highest BCUT2D eigenvalue weighted by atomic mass is 16.6. The van der Waals surface area contributed by atoms with E-state index in [0.717, 1.165) is 5.56 Å². The number of hydrogen-bond acceptors (Lipinski definition) is 7. The maximum absolute atomic E-state index is 14.6. The van der Waals surface area contributed by atoms with Crippen molar-refractivity contribution in [2.24, 2.45) is 5.92 Å². The number of carbonyl (C=O) groups excluding carboxylic acids is 4. The van der Waals surface area contributed by atoms with Gasteiger partial charge in [0.05, 0.1) is 0 Å². The number of nitrogens with zero attached hydrogens (tertiary/aromatic N) is 1. The van der Waals surface area contributed by atoms with Crippen molar-refractivity contribution in [3.8, 4) is 5.75 Å². The van der Waals surface area contributed by atoms with E-state index in [4.69, 9.17) is 9.47 Å². The Morgan fingerprint density at radius 3 is 1.91 bits per heavy atom. The molecule has 0 saturated carbocycles. The molecule has 46 heavy (non-hydrogen) atoms. The van der Waals surface area contributed by atoms with Gasteiger partial charge in [-0.25, -0.2) is 9.59 Å². The van der Waals surface area contributed by atoms with Gasteiger partial charge in [-0.05, 0) is 91.0 Å². The van der Waals surface area contributed by atoms with E-state index in [2.05, 4.69) is 10.6 Å². The molecule has 10 nitrogen and oxygen atoms in total. The Morgan fingerprint density at radius 2 is 1.41 bits per heavy atom. The third-order valence-electron chi connectivity index (χ3n) is 7.34. The van der Waals surface area contributed by atoms with Crippen molar-refractivity contribution < 1.29 is 33.8 Å². The summed E-state index contributed by atoms with van der Waals surface area (Å²) in [4.78, 5) is 56.9. The minimum atomic E-state index is -1.29. The molecule has 2 aromatic rings. The molecule has 0 aliphatic rings. The standard InChI is InChI=1S/C36H53N3O7/c1-12-36(10,11)39(31(42)28(23(2)3)38-33(44)46-35(7,8)9)29(25-19-16-20-26(40)22-25)30(41)37-27(32(43)45-34(4,5)6)21-24-17-14-13-15-18-24/h13-20,22-23,27-29,40H,12,21H2,1-11H3,(H,37,41)(H,38,44). The number of alkyl carbamates (subject to hydrolysis) is 1. The number of amides is 3. The largest absolute Gasteiger partial charge is 0.508 e. The number of nitrogens with one attached hydrogen (secondary N) is 2. The van der Waals surface area contributed by atoms with Gasteiger partial charge in [-0.3, -0.25) is 9.59 Å². The molecule has 3 unspecified atom stereocenters. The molecule has 10 heteroatoms. The summed E-state index contributed by atoms with van der Waals surface area (Å²) in [7, 11) is 0. The van der Waals surface area contributed by atoms with E-state index in [-0.39, 0.29) is 18.1 Å². The summed E-state index contributed by atoms with van der Waals surface area (Å²) in [5, 5.41) is 16.1. The second-order valence-electron chi connectivity index (χ2n) is 14.5. The first-order chi connectivity index (χ1) is 21.1.